The van der Waals surface area contributed by atoms with Crippen molar-refractivity contribution in [3.05, 3.63) is 77.4 Å². The summed E-state index contributed by atoms with van der Waals surface area (Å²) in [5.74, 6) is 1.37. The molecule has 3 nitrogen and oxygen atoms in total. The molecule has 2 heterocycles. The zero-order chi connectivity index (χ0) is 16.6. The van der Waals surface area contributed by atoms with E-state index in [1.54, 1.807) is 29.3 Å². The van der Waals surface area contributed by atoms with Crippen LogP contribution < -0.4 is 5.32 Å². The standard InChI is InChI=1S/C19H18N2OS2/c22-19(14-23-13-15-5-2-1-3-6-15)21-11-16-9-17(12-20-10-16)18-7-4-8-24-18/h1-10,12H,11,13-14H2,(H,21,22). The fraction of sp³-hybridized carbons (Fsp3) is 0.158. The van der Waals surface area contributed by atoms with Crippen LogP contribution in [-0.2, 0) is 17.1 Å². The van der Waals surface area contributed by atoms with Gasteiger partial charge in [0.25, 0.3) is 0 Å². The molecule has 0 radical (unpaired) electrons. The van der Waals surface area contributed by atoms with Crippen molar-refractivity contribution < 1.29 is 4.79 Å². The number of nitrogens with one attached hydrogen (secondary N) is 1. The van der Waals surface area contributed by atoms with Crippen LogP contribution in [0.15, 0.2) is 66.3 Å². The largest absolute Gasteiger partial charge is 0.351 e. The Bertz CT molecular complexity index is 773. The highest BCUT2D eigenvalue weighted by atomic mass is 32.2. The summed E-state index contributed by atoms with van der Waals surface area (Å²) in [6.07, 6.45) is 3.65. The summed E-state index contributed by atoms with van der Waals surface area (Å²) in [6.45, 7) is 0.511. The Labute approximate surface area is 150 Å². The van der Waals surface area contributed by atoms with Gasteiger partial charge < -0.3 is 5.32 Å². The van der Waals surface area contributed by atoms with Crippen molar-refractivity contribution in [1.82, 2.24) is 10.3 Å². The highest BCUT2D eigenvalue weighted by Crippen LogP contribution is 2.24. The molecule has 2 aromatic heterocycles. The molecule has 0 fully saturated rings. The van der Waals surface area contributed by atoms with Crippen molar-refractivity contribution in [1.29, 1.82) is 0 Å². The van der Waals surface area contributed by atoms with Crippen LogP contribution in [0, 0.1) is 0 Å². The van der Waals surface area contributed by atoms with E-state index in [0.717, 1.165) is 16.9 Å². The minimum atomic E-state index is 0.0532. The van der Waals surface area contributed by atoms with E-state index in [1.807, 2.05) is 35.8 Å². The van der Waals surface area contributed by atoms with Crippen molar-refractivity contribution in [2.75, 3.05) is 5.75 Å². The fourth-order valence-corrected chi connectivity index (χ4v) is 3.78. The first-order chi connectivity index (χ1) is 11.8. The van der Waals surface area contributed by atoms with Gasteiger partial charge in [0.05, 0.1) is 5.75 Å². The van der Waals surface area contributed by atoms with Crippen LogP contribution in [-0.4, -0.2) is 16.6 Å². The van der Waals surface area contributed by atoms with Gasteiger partial charge in [0.15, 0.2) is 0 Å². The van der Waals surface area contributed by atoms with Gasteiger partial charge in [-0.25, -0.2) is 0 Å². The molecule has 0 unspecified atom stereocenters. The zero-order valence-electron chi connectivity index (χ0n) is 13.1. The Balaban J connectivity index is 1.45. The van der Waals surface area contributed by atoms with E-state index in [4.69, 9.17) is 0 Å². The van der Waals surface area contributed by atoms with Crippen molar-refractivity contribution in [3.8, 4) is 10.4 Å². The Kier molecular flexibility index (Phi) is 6.04. The topological polar surface area (TPSA) is 42.0 Å². The summed E-state index contributed by atoms with van der Waals surface area (Å²) in [6, 6.07) is 16.4. The lowest BCUT2D eigenvalue weighted by molar-refractivity contribution is -0.118. The summed E-state index contributed by atoms with van der Waals surface area (Å²) in [5, 5.41) is 5.01. The Morgan fingerprint density at radius 3 is 2.75 bits per heavy atom. The van der Waals surface area contributed by atoms with Gasteiger partial charge in [-0.3, -0.25) is 9.78 Å². The van der Waals surface area contributed by atoms with E-state index in [-0.39, 0.29) is 5.91 Å². The number of amides is 1. The average molecular weight is 355 g/mol. The first-order valence-electron chi connectivity index (χ1n) is 7.67. The zero-order valence-corrected chi connectivity index (χ0v) is 14.8. The average Bonchev–Trinajstić information content (AvgIpc) is 3.16. The Hall–Kier alpha value is -2.11. The van der Waals surface area contributed by atoms with Crippen molar-refractivity contribution >= 4 is 29.0 Å². The molecule has 0 aliphatic carbocycles. The van der Waals surface area contributed by atoms with E-state index in [2.05, 4.69) is 34.6 Å². The molecule has 1 aromatic carbocycles. The molecule has 1 N–H and O–H groups in total. The minimum Gasteiger partial charge on any atom is -0.351 e. The Morgan fingerprint density at radius 2 is 1.96 bits per heavy atom. The van der Waals surface area contributed by atoms with Gasteiger partial charge in [0.1, 0.15) is 0 Å². The lowest BCUT2D eigenvalue weighted by Gasteiger charge is -2.06. The van der Waals surface area contributed by atoms with Gasteiger partial charge in [0, 0.05) is 35.1 Å². The predicted molar refractivity (Wildman–Crippen MR) is 102 cm³/mol. The predicted octanol–water partition coefficient (Wildman–Crippen LogP) is 4.36. The van der Waals surface area contributed by atoms with Crippen LogP contribution in [0.4, 0.5) is 0 Å². The first-order valence-corrected chi connectivity index (χ1v) is 9.71. The normalized spacial score (nSPS) is 10.5. The molecule has 0 spiro atoms. The smallest absolute Gasteiger partial charge is 0.230 e. The summed E-state index contributed by atoms with van der Waals surface area (Å²) >= 11 is 3.31. The summed E-state index contributed by atoms with van der Waals surface area (Å²) < 4.78 is 0. The number of pyridine rings is 1. The lowest BCUT2D eigenvalue weighted by Crippen LogP contribution is -2.24. The van der Waals surface area contributed by atoms with Crippen LogP contribution in [0.5, 0.6) is 0 Å². The number of thiophene rings is 1. The number of thioether (sulfide) groups is 1. The number of carbonyl (C=O) groups is 1. The van der Waals surface area contributed by atoms with E-state index in [9.17, 15) is 4.79 Å². The maximum atomic E-state index is 12.0. The Morgan fingerprint density at radius 1 is 1.08 bits per heavy atom. The number of nitrogens with zero attached hydrogens (tertiary/aromatic N) is 1. The van der Waals surface area contributed by atoms with E-state index in [0.29, 0.717) is 12.3 Å². The number of hydrogen-bond donors (Lipinski definition) is 1. The molecule has 0 atom stereocenters. The van der Waals surface area contributed by atoms with E-state index < -0.39 is 0 Å². The summed E-state index contributed by atoms with van der Waals surface area (Å²) in [7, 11) is 0. The van der Waals surface area contributed by atoms with Crippen molar-refractivity contribution in [2.24, 2.45) is 0 Å². The fourth-order valence-electron chi connectivity index (χ4n) is 2.25. The van der Waals surface area contributed by atoms with Gasteiger partial charge in [-0.05, 0) is 28.6 Å². The minimum absolute atomic E-state index is 0.0532. The van der Waals surface area contributed by atoms with Gasteiger partial charge in [-0.15, -0.1) is 23.1 Å². The second-order valence-corrected chi connectivity index (χ2v) is 7.25. The molecule has 0 aliphatic heterocycles. The van der Waals surface area contributed by atoms with Crippen molar-refractivity contribution in [2.45, 2.75) is 12.3 Å². The molecule has 0 bridgehead atoms. The monoisotopic (exact) mass is 354 g/mol. The quantitative estimate of drug-likeness (QED) is 0.685. The van der Waals surface area contributed by atoms with Gasteiger partial charge in [-0.2, -0.15) is 0 Å². The van der Waals surface area contributed by atoms with Crippen LogP contribution in [0.3, 0.4) is 0 Å². The molecular weight excluding hydrogens is 336 g/mol. The van der Waals surface area contributed by atoms with Crippen LogP contribution in [0.25, 0.3) is 10.4 Å². The second kappa shape index (κ2) is 8.66. The first kappa shape index (κ1) is 16.7. The highest BCUT2D eigenvalue weighted by molar-refractivity contribution is 7.99. The molecular formula is C19H18N2OS2. The third-order valence-electron chi connectivity index (χ3n) is 3.43. The molecule has 1 amide bonds. The molecule has 0 saturated heterocycles. The molecule has 3 aromatic rings. The van der Waals surface area contributed by atoms with Crippen LogP contribution in [0.2, 0.25) is 0 Å². The van der Waals surface area contributed by atoms with Gasteiger partial charge in [-0.1, -0.05) is 36.4 Å². The molecule has 0 aliphatic rings. The number of benzene rings is 1. The summed E-state index contributed by atoms with van der Waals surface area (Å²) in [5.41, 5.74) is 3.35. The third-order valence-corrected chi connectivity index (χ3v) is 5.36. The van der Waals surface area contributed by atoms with E-state index >= 15 is 0 Å². The van der Waals surface area contributed by atoms with Gasteiger partial charge >= 0.3 is 0 Å². The van der Waals surface area contributed by atoms with Crippen LogP contribution in [0.1, 0.15) is 11.1 Å². The maximum Gasteiger partial charge on any atom is 0.230 e. The number of aromatic nitrogens is 1. The molecule has 122 valence electrons. The molecule has 24 heavy (non-hydrogen) atoms. The number of carbonyl (C=O) groups excluding carboxylic acids is 1. The van der Waals surface area contributed by atoms with Crippen molar-refractivity contribution in [3.63, 3.8) is 0 Å². The highest BCUT2D eigenvalue weighted by Gasteiger charge is 2.04. The molecule has 3 rings (SSSR count). The van der Waals surface area contributed by atoms with Gasteiger partial charge in [0.2, 0.25) is 5.91 Å². The van der Waals surface area contributed by atoms with Crippen LogP contribution >= 0.6 is 23.1 Å². The second-order valence-electron chi connectivity index (χ2n) is 5.31. The summed E-state index contributed by atoms with van der Waals surface area (Å²) in [4.78, 5) is 17.4. The van der Waals surface area contributed by atoms with E-state index in [1.165, 1.54) is 10.4 Å². The third kappa shape index (κ3) is 4.94. The molecule has 5 heteroatoms. The SMILES string of the molecule is O=C(CSCc1ccccc1)NCc1cncc(-c2cccs2)c1. The maximum absolute atomic E-state index is 12.0. The number of rotatable bonds is 7. The number of hydrogen-bond acceptors (Lipinski definition) is 4. The lowest BCUT2D eigenvalue weighted by atomic mass is 10.2. The molecule has 0 saturated carbocycles.